The summed E-state index contributed by atoms with van der Waals surface area (Å²) < 4.78 is 42.5. The van der Waals surface area contributed by atoms with Gasteiger partial charge in [-0.15, -0.1) is 0 Å². The molecule has 3 aromatic carbocycles. The summed E-state index contributed by atoms with van der Waals surface area (Å²) in [6.45, 7) is 22.2. The van der Waals surface area contributed by atoms with Crippen LogP contribution in [0.3, 0.4) is 0 Å². The Kier molecular flexibility index (Phi) is 25.9. The van der Waals surface area contributed by atoms with Crippen molar-refractivity contribution in [1.82, 2.24) is 4.98 Å². The van der Waals surface area contributed by atoms with Crippen LogP contribution < -0.4 is 14.4 Å². The van der Waals surface area contributed by atoms with Crippen LogP contribution in [0.2, 0.25) is 0 Å². The summed E-state index contributed by atoms with van der Waals surface area (Å²) in [6, 6.07) is 20.9. The second kappa shape index (κ2) is 28.1. The number of H-pyrrole nitrogens is 1. The molecule has 10 heteroatoms. The first-order chi connectivity index (χ1) is 26.5. The lowest BCUT2D eigenvalue weighted by Gasteiger charge is -2.28. The van der Waals surface area contributed by atoms with Crippen LogP contribution in [-0.4, -0.2) is 58.3 Å². The van der Waals surface area contributed by atoms with Crippen LogP contribution in [0.1, 0.15) is 120 Å². The number of unbranched alkanes of at least 4 members (excludes halogenated alkanes) is 2. The molecule has 0 fully saturated rings. The Bertz CT molecular complexity index is 1750. The number of nitrogens with zero attached hydrogens (tertiary/aromatic N) is 1. The maximum absolute atomic E-state index is 13.3. The number of benzene rings is 3. The number of carbonyl (C=O) groups excluding carboxylic acids is 2. The normalized spacial score (nSPS) is 14.0. The summed E-state index contributed by atoms with van der Waals surface area (Å²) in [5.74, 6) is 0.163. The highest BCUT2D eigenvalue weighted by Crippen LogP contribution is 2.43. The van der Waals surface area contributed by atoms with Gasteiger partial charge in [-0.25, -0.2) is 8.42 Å². The number of para-hydroxylation sites is 2. The maximum atomic E-state index is 13.3. The number of sulfone groups is 1. The van der Waals surface area contributed by atoms with E-state index in [-0.39, 0.29) is 46.6 Å². The van der Waals surface area contributed by atoms with E-state index in [0.717, 1.165) is 41.4 Å². The van der Waals surface area contributed by atoms with Gasteiger partial charge in [-0.1, -0.05) is 124 Å². The van der Waals surface area contributed by atoms with Crippen LogP contribution in [0.25, 0.3) is 10.9 Å². The van der Waals surface area contributed by atoms with Gasteiger partial charge in [0.1, 0.15) is 6.61 Å². The lowest BCUT2D eigenvalue weighted by Crippen LogP contribution is -2.26. The second-order valence-corrected chi connectivity index (χ2v) is 14.2. The minimum Gasteiger partial charge on any atom is -0.493 e. The van der Waals surface area contributed by atoms with Gasteiger partial charge in [-0.05, 0) is 49.9 Å². The molecule has 0 bridgehead atoms. The van der Waals surface area contributed by atoms with E-state index >= 15 is 0 Å². The summed E-state index contributed by atoms with van der Waals surface area (Å²) in [6.07, 6.45) is 7.35. The summed E-state index contributed by atoms with van der Waals surface area (Å²) >= 11 is 0. The second-order valence-electron chi connectivity index (χ2n) is 12.2. The minimum atomic E-state index is -3.55. The molecule has 2 unspecified atom stereocenters. The van der Waals surface area contributed by atoms with Gasteiger partial charge in [-0.2, -0.15) is 0 Å². The fourth-order valence-corrected chi connectivity index (χ4v) is 7.37. The third kappa shape index (κ3) is 15.8. The zero-order valence-corrected chi connectivity index (χ0v) is 36.8. The Morgan fingerprint density at radius 1 is 0.855 bits per heavy atom. The molecule has 308 valence electrons. The predicted octanol–water partition coefficient (Wildman–Crippen LogP) is 11.7. The van der Waals surface area contributed by atoms with Crippen LogP contribution in [0.4, 0.5) is 11.4 Å². The number of hydrogen-bond donors (Lipinski definition) is 1. The van der Waals surface area contributed by atoms with Crippen LogP contribution in [0.5, 0.6) is 11.5 Å². The van der Waals surface area contributed by atoms with Gasteiger partial charge in [0.15, 0.2) is 27.1 Å². The smallest absolute Gasteiger partial charge is 0.312 e. The Morgan fingerprint density at radius 2 is 1.45 bits per heavy atom. The summed E-state index contributed by atoms with van der Waals surface area (Å²) in [5.41, 5.74) is 3.53. The highest BCUT2D eigenvalue weighted by atomic mass is 32.2. The number of rotatable bonds is 11. The van der Waals surface area contributed by atoms with Crippen LogP contribution in [0, 0.1) is 5.92 Å². The number of methoxy groups -OCH3 is 2. The van der Waals surface area contributed by atoms with Crippen molar-refractivity contribution < 1.29 is 32.2 Å². The van der Waals surface area contributed by atoms with E-state index in [1.807, 2.05) is 109 Å². The molecule has 0 radical (unpaired) electrons. The number of fused-ring (bicyclic) bond motifs is 2. The third-order valence-electron chi connectivity index (χ3n) is 8.37. The van der Waals surface area contributed by atoms with Crippen molar-refractivity contribution in [2.24, 2.45) is 5.92 Å². The summed E-state index contributed by atoms with van der Waals surface area (Å²) in [5, 5.41) is 1.08. The average Bonchev–Trinajstić information content (AvgIpc) is 3.62. The molecule has 1 aliphatic heterocycles. The van der Waals surface area contributed by atoms with E-state index in [1.54, 1.807) is 6.07 Å². The zero-order chi connectivity index (χ0) is 42.0. The van der Waals surface area contributed by atoms with Crippen molar-refractivity contribution in [1.29, 1.82) is 0 Å². The molecule has 9 nitrogen and oxygen atoms in total. The number of anilines is 2. The van der Waals surface area contributed by atoms with Gasteiger partial charge in [0, 0.05) is 41.5 Å². The largest absolute Gasteiger partial charge is 0.493 e. The molecule has 1 aliphatic rings. The quantitative estimate of drug-likeness (QED) is 0.150. The van der Waals surface area contributed by atoms with Crippen molar-refractivity contribution in [3.05, 3.63) is 78.5 Å². The number of aromatic amines is 1. The standard InChI is InChI=1S/C23H29NO5S.C12H13NO2.C4H10.3C2H6/c1-4-5-9-18-14-24(19-10-7-6-8-11-19)20-12-21(28-3)22(29-15-17(2)25)13-23(20)30(26,27)16-18;1-8(12(14)15-2)10-7-13-11-6-4-3-5-9(10)11;1-3-4-2;3*1-2/h6-8,10-13,18H,4-5,9,14-16H2,1-3H3;3-8,13H,1-2H3;3-4H2,1-2H3;3*1-2H3. The van der Waals surface area contributed by atoms with E-state index < -0.39 is 9.84 Å². The van der Waals surface area contributed by atoms with Gasteiger partial charge in [-0.3, -0.25) is 9.59 Å². The molecule has 0 spiro atoms. The first kappa shape index (κ1) is 50.7. The van der Waals surface area contributed by atoms with E-state index in [0.29, 0.717) is 18.0 Å². The lowest BCUT2D eigenvalue weighted by molar-refractivity contribution is -0.142. The number of ketones is 1. The molecular formula is C45H70N2O7S. The first-order valence-corrected chi connectivity index (χ1v) is 21.7. The van der Waals surface area contributed by atoms with E-state index in [2.05, 4.69) is 30.7 Å². The monoisotopic (exact) mass is 782 g/mol. The van der Waals surface area contributed by atoms with Crippen molar-refractivity contribution in [3.63, 3.8) is 0 Å². The van der Waals surface area contributed by atoms with Crippen LogP contribution in [-0.2, 0) is 24.2 Å². The molecule has 2 heterocycles. The summed E-state index contributed by atoms with van der Waals surface area (Å²) in [4.78, 5) is 28.2. The fraction of sp³-hybridized carbons (Fsp3) is 0.511. The fourth-order valence-electron chi connectivity index (χ4n) is 5.53. The topological polar surface area (TPSA) is 115 Å². The zero-order valence-electron chi connectivity index (χ0n) is 36.0. The van der Waals surface area contributed by atoms with Crippen molar-refractivity contribution >= 4 is 43.9 Å². The third-order valence-corrected chi connectivity index (χ3v) is 10.3. The molecule has 0 saturated carbocycles. The Balaban J connectivity index is 0.000000970. The van der Waals surface area contributed by atoms with Gasteiger partial charge < -0.3 is 24.1 Å². The molecule has 0 saturated heterocycles. The van der Waals surface area contributed by atoms with Crippen molar-refractivity contribution in [2.45, 2.75) is 119 Å². The van der Waals surface area contributed by atoms with Crippen LogP contribution >= 0.6 is 0 Å². The summed E-state index contributed by atoms with van der Waals surface area (Å²) in [7, 11) is -0.632. The van der Waals surface area contributed by atoms with E-state index in [9.17, 15) is 18.0 Å². The lowest BCUT2D eigenvalue weighted by atomic mass is 10.0. The molecule has 5 rings (SSSR count). The van der Waals surface area contributed by atoms with Gasteiger partial charge >= 0.3 is 5.97 Å². The number of aromatic nitrogens is 1. The SMILES string of the molecule is CC.CC.CC.CCCC.CCCCC1CN(c2ccccc2)c2cc(OC)c(OCC(C)=O)cc2S(=O)(=O)C1.COC(=O)C(C)c1c[nH]c2ccccc12. The van der Waals surface area contributed by atoms with E-state index in [1.165, 1.54) is 40.1 Å². The van der Waals surface area contributed by atoms with Gasteiger partial charge in [0.2, 0.25) is 0 Å². The highest BCUT2D eigenvalue weighted by Gasteiger charge is 2.34. The maximum Gasteiger partial charge on any atom is 0.312 e. The molecule has 0 aliphatic carbocycles. The number of hydrogen-bond acceptors (Lipinski definition) is 8. The Morgan fingerprint density at radius 3 is 2.00 bits per heavy atom. The Labute approximate surface area is 333 Å². The molecule has 1 aromatic heterocycles. The van der Waals surface area contributed by atoms with Crippen molar-refractivity contribution in [3.8, 4) is 11.5 Å². The number of ether oxygens (including phenoxy) is 3. The van der Waals surface area contributed by atoms with Gasteiger partial charge in [0.05, 0.1) is 36.5 Å². The van der Waals surface area contributed by atoms with Gasteiger partial charge in [0.25, 0.3) is 0 Å². The molecule has 2 atom stereocenters. The number of Topliss-reactive ketones (excluding diaryl/α,β-unsaturated/α-hetero) is 1. The predicted molar refractivity (Wildman–Crippen MR) is 231 cm³/mol. The van der Waals surface area contributed by atoms with Crippen LogP contribution in [0.15, 0.2) is 77.8 Å². The number of nitrogens with one attached hydrogen (secondary N) is 1. The van der Waals surface area contributed by atoms with E-state index in [4.69, 9.17) is 14.2 Å². The molecular weight excluding hydrogens is 713 g/mol. The minimum absolute atomic E-state index is 0.00939. The number of esters is 1. The number of carbonyl (C=O) groups is 2. The first-order valence-electron chi connectivity index (χ1n) is 20.0. The molecule has 55 heavy (non-hydrogen) atoms. The molecule has 4 aromatic rings. The highest BCUT2D eigenvalue weighted by molar-refractivity contribution is 7.91. The average molecular weight is 783 g/mol. The molecule has 1 N–H and O–H groups in total. The Hall–Kier alpha value is -4.31. The van der Waals surface area contributed by atoms with Crippen molar-refractivity contribution in [2.75, 3.05) is 38.0 Å². The molecule has 0 amide bonds.